The average molecular weight is 511 g/mol. The van der Waals surface area contributed by atoms with E-state index in [9.17, 15) is 18.0 Å². The highest BCUT2D eigenvalue weighted by Gasteiger charge is 2.30. The Morgan fingerprint density at radius 1 is 1.26 bits per heavy atom. The molecule has 0 aliphatic carbocycles. The second-order valence-corrected chi connectivity index (χ2v) is 6.44. The molecule has 2 heterocycles. The Kier molecular flexibility index (Phi) is 5.86. The fraction of sp³-hybridized carbons (Fsp3) is 0.188. The van der Waals surface area contributed by atoms with Gasteiger partial charge >= 0.3 is 6.18 Å². The molecule has 1 N–H and O–H groups in total. The van der Waals surface area contributed by atoms with E-state index in [2.05, 4.69) is 15.3 Å². The molecule has 2 aromatic heterocycles. The van der Waals surface area contributed by atoms with Gasteiger partial charge in [0.2, 0.25) is 0 Å². The van der Waals surface area contributed by atoms with Crippen molar-refractivity contribution in [2.45, 2.75) is 12.7 Å². The molecule has 0 radical (unpaired) electrons. The van der Waals surface area contributed by atoms with Gasteiger partial charge in [-0.1, -0.05) is 11.6 Å². The van der Waals surface area contributed by atoms with Gasteiger partial charge in [0.05, 0.1) is 29.1 Å². The van der Waals surface area contributed by atoms with Crippen LogP contribution in [0.25, 0.3) is 11.2 Å². The molecule has 0 saturated carbocycles. The van der Waals surface area contributed by atoms with E-state index >= 15 is 0 Å². The lowest BCUT2D eigenvalue weighted by Gasteiger charge is -2.10. The molecule has 0 fully saturated rings. The number of fused-ring (bicyclic) bond motifs is 1. The van der Waals surface area contributed by atoms with E-state index in [4.69, 9.17) is 14.7 Å². The van der Waals surface area contributed by atoms with Crippen LogP contribution in [-0.4, -0.2) is 27.0 Å². The van der Waals surface area contributed by atoms with Gasteiger partial charge in [-0.05, 0) is 24.3 Å². The molecular formula is C16H11ClF3IN4O2. The lowest BCUT2D eigenvalue weighted by Crippen LogP contribution is -2.14. The number of anilines is 1. The smallest absolute Gasteiger partial charge is 0.322 e. The molecule has 0 atom stereocenters. The van der Waals surface area contributed by atoms with E-state index in [0.717, 1.165) is 12.1 Å². The van der Waals surface area contributed by atoms with Gasteiger partial charge in [-0.2, -0.15) is 13.2 Å². The minimum absolute atomic E-state index is 0.0689. The quantitative estimate of drug-likeness (QED) is 0.505. The lowest BCUT2D eigenvalue weighted by atomic mass is 10.2. The number of halogens is 5. The Balaban J connectivity index is 1.82. The van der Waals surface area contributed by atoms with Crippen LogP contribution in [0.4, 0.5) is 18.9 Å². The fourth-order valence-electron chi connectivity index (χ4n) is 2.37. The van der Waals surface area contributed by atoms with Crippen molar-refractivity contribution >= 4 is 57.4 Å². The highest BCUT2D eigenvalue weighted by molar-refractivity contribution is 14.1. The minimum Gasteiger partial charge on any atom is -0.322 e. The molecule has 0 unspecified atom stereocenters. The average Bonchev–Trinajstić information content (AvgIpc) is 3.04. The number of aromatic nitrogens is 3. The zero-order valence-electron chi connectivity index (χ0n) is 13.4. The predicted molar refractivity (Wildman–Crippen MR) is 102 cm³/mol. The van der Waals surface area contributed by atoms with Gasteiger partial charge in [-0.25, -0.2) is 9.97 Å². The number of pyridine rings is 1. The zero-order valence-corrected chi connectivity index (χ0v) is 16.3. The second-order valence-electron chi connectivity index (χ2n) is 5.44. The first kappa shape index (κ1) is 19.8. The number of carbonyl (C=O) groups is 1. The topological polar surface area (TPSA) is 69.0 Å². The molecule has 11 heteroatoms. The van der Waals surface area contributed by atoms with Crippen LogP contribution in [0.1, 0.15) is 15.9 Å². The van der Waals surface area contributed by atoms with Crippen molar-refractivity contribution in [3.8, 4) is 0 Å². The summed E-state index contributed by atoms with van der Waals surface area (Å²) >= 11 is 8.05. The van der Waals surface area contributed by atoms with Crippen molar-refractivity contribution in [2.75, 3.05) is 11.9 Å². The fourth-order valence-corrected chi connectivity index (χ4v) is 2.84. The summed E-state index contributed by atoms with van der Waals surface area (Å²) in [5.74, 6) is -0.598. The van der Waals surface area contributed by atoms with E-state index in [1.54, 1.807) is 27.6 Å². The van der Waals surface area contributed by atoms with Gasteiger partial charge in [-0.15, -0.1) is 0 Å². The molecule has 6 nitrogen and oxygen atoms in total. The molecular weight excluding hydrogens is 500 g/mol. The van der Waals surface area contributed by atoms with E-state index in [0.29, 0.717) is 24.3 Å². The number of nitrogens with zero attached hydrogens (tertiary/aromatic N) is 3. The summed E-state index contributed by atoms with van der Waals surface area (Å²) in [4.78, 5) is 20.8. The number of benzene rings is 1. The van der Waals surface area contributed by atoms with Gasteiger partial charge in [0.15, 0.2) is 5.65 Å². The van der Waals surface area contributed by atoms with Crippen LogP contribution >= 0.6 is 34.6 Å². The number of carbonyl (C=O) groups excluding carboxylic acids is 1. The van der Waals surface area contributed by atoms with Gasteiger partial charge in [0.1, 0.15) is 28.5 Å². The van der Waals surface area contributed by atoms with Gasteiger partial charge < -0.3 is 13.0 Å². The molecule has 0 aliphatic heterocycles. The summed E-state index contributed by atoms with van der Waals surface area (Å²) in [6.45, 7) is 0.960. The molecule has 142 valence electrons. The van der Waals surface area contributed by atoms with Crippen LogP contribution < -0.4 is 5.32 Å². The predicted octanol–water partition coefficient (Wildman–Crippen LogP) is 4.72. The molecule has 1 amide bonds. The normalized spacial score (nSPS) is 11.7. The van der Waals surface area contributed by atoms with E-state index in [-0.39, 0.29) is 16.3 Å². The Morgan fingerprint density at radius 3 is 2.59 bits per heavy atom. The van der Waals surface area contributed by atoms with Crippen molar-refractivity contribution in [3.05, 3.63) is 52.9 Å². The molecule has 1 aromatic carbocycles. The van der Waals surface area contributed by atoms with Crippen molar-refractivity contribution in [3.63, 3.8) is 0 Å². The first-order valence-electron chi connectivity index (χ1n) is 7.52. The number of amides is 1. The third-order valence-electron chi connectivity index (χ3n) is 3.69. The third-order valence-corrected chi connectivity index (χ3v) is 4.52. The molecule has 0 spiro atoms. The maximum absolute atomic E-state index is 12.6. The van der Waals surface area contributed by atoms with Crippen LogP contribution in [0, 0.1) is 0 Å². The van der Waals surface area contributed by atoms with Gasteiger partial charge in [0, 0.05) is 18.4 Å². The molecule has 0 aliphatic rings. The Labute approximate surface area is 170 Å². The van der Waals surface area contributed by atoms with Crippen molar-refractivity contribution in [2.24, 2.45) is 0 Å². The van der Waals surface area contributed by atoms with Crippen LogP contribution in [-0.2, 0) is 15.8 Å². The minimum atomic E-state index is -4.44. The Bertz CT molecular complexity index is 976. The summed E-state index contributed by atoms with van der Waals surface area (Å²) in [5, 5.41) is 2.61. The van der Waals surface area contributed by atoms with Crippen LogP contribution in [0.15, 0.2) is 36.8 Å². The highest BCUT2D eigenvalue weighted by atomic mass is 127. The molecule has 3 rings (SSSR count). The molecule has 3 aromatic rings. The number of nitrogens with one attached hydrogen (secondary N) is 1. The van der Waals surface area contributed by atoms with Crippen LogP contribution in [0.2, 0.25) is 5.02 Å². The van der Waals surface area contributed by atoms with E-state index in [1.807, 2.05) is 0 Å². The standard InChI is InChI=1S/C16H11ClF3IN4O2/c17-12-11(7-22-14-13(12)23-8-25(14)5-6-27-21)15(26)24-10-3-1-9(2-4-10)16(18,19)20/h1-4,7-8H,5-6H2,(H,24,26). The van der Waals surface area contributed by atoms with Crippen molar-refractivity contribution < 1.29 is 21.0 Å². The van der Waals surface area contributed by atoms with Crippen LogP contribution in [0.3, 0.4) is 0 Å². The SMILES string of the molecule is O=C(Nc1ccc(C(F)(F)F)cc1)c1cnc2c(ncn2CCOI)c1Cl. The number of hydrogen-bond donors (Lipinski definition) is 1. The van der Waals surface area contributed by atoms with Gasteiger partial charge in [0.25, 0.3) is 5.91 Å². The van der Waals surface area contributed by atoms with E-state index in [1.165, 1.54) is 24.7 Å². The lowest BCUT2D eigenvalue weighted by molar-refractivity contribution is -0.137. The number of alkyl halides is 3. The number of hydrogen-bond acceptors (Lipinski definition) is 4. The third kappa shape index (κ3) is 4.33. The monoisotopic (exact) mass is 510 g/mol. The van der Waals surface area contributed by atoms with Crippen molar-refractivity contribution in [1.82, 2.24) is 14.5 Å². The number of rotatable bonds is 5. The summed E-state index contributed by atoms with van der Waals surface area (Å²) in [6, 6.07) is 4.10. The summed E-state index contributed by atoms with van der Waals surface area (Å²) in [5.41, 5.74) is 0.320. The molecule has 27 heavy (non-hydrogen) atoms. The number of imidazole rings is 1. The molecule has 0 bridgehead atoms. The summed E-state index contributed by atoms with van der Waals surface area (Å²) in [6.07, 6.45) is -1.61. The highest BCUT2D eigenvalue weighted by Crippen LogP contribution is 2.30. The van der Waals surface area contributed by atoms with E-state index < -0.39 is 17.6 Å². The summed E-state index contributed by atoms with van der Waals surface area (Å²) in [7, 11) is 0. The Morgan fingerprint density at radius 2 is 1.96 bits per heavy atom. The van der Waals surface area contributed by atoms with Gasteiger partial charge in [-0.3, -0.25) is 4.79 Å². The van der Waals surface area contributed by atoms with Crippen molar-refractivity contribution in [1.29, 1.82) is 0 Å². The first-order chi connectivity index (χ1) is 12.8. The van der Waals surface area contributed by atoms with Crippen LogP contribution in [0.5, 0.6) is 0 Å². The summed E-state index contributed by atoms with van der Waals surface area (Å²) < 4.78 is 44.5. The maximum Gasteiger partial charge on any atom is 0.416 e. The first-order valence-corrected chi connectivity index (χ1v) is 8.78. The maximum atomic E-state index is 12.6. The second kappa shape index (κ2) is 7.98. The Hall–Kier alpha value is -1.92. The zero-order chi connectivity index (χ0) is 19.6. The molecule has 0 saturated heterocycles. The largest absolute Gasteiger partial charge is 0.416 e.